The number of benzene rings is 1. The van der Waals surface area contributed by atoms with Crippen molar-refractivity contribution in [1.29, 1.82) is 0 Å². The first kappa shape index (κ1) is 14.6. The summed E-state index contributed by atoms with van der Waals surface area (Å²) >= 11 is 0. The van der Waals surface area contributed by atoms with Gasteiger partial charge in [-0.15, -0.1) is 0 Å². The van der Waals surface area contributed by atoms with Crippen LogP contribution >= 0.6 is 0 Å². The van der Waals surface area contributed by atoms with Gasteiger partial charge >= 0.3 is 5.97 Å². The topological polar surface area (TPSA) is 52.3 Å². The molecule has 1 rings (SSSR count). The van der Waals surface area contributed by atoms with Crippen molar-refractivity contribution in [3.63, 3.8) is 0 Å². The van der Waals surface area contributed by atoms with Crippen molar-refractivity contribution in [1.82, 2.24) is 0 Å². The van der Waals surface area contributed by atoms with Crippen molar-refractivity contribution in [2.45, 2.75) is 25.7 Å². The highest BCUT2D eigenvalue weighted by Gasteiger charge is 2.38. The summed E-state index contributed by atoms with van der Waals surface area (Å²) in [6.45, 7) is 3.61. The fraction of sp³-hybridized carbons (Fsp3) is 0.462. The summed E-state index contributed by atoms with van der Waals surface area (Å²) in [6, 6.07) is 3.13. The summed E-state index contributed by atoms with van der Waals surface area (Å²) in [5, 5.41) is 0. The van der Waals surface area contributed by atoms with Gasteiger partial charge in [0.1, 0.15) is 11.6 Å². The Bertz CT molecular complexity index is 437. The minimum atomic E-state index is -1.19. The van der Waals surface area contributed by atoms with Crippen LogP contribution in [0, 0.1) is 11.6 Å². The fourth-order valence-corrected chi connectivity index (χ4v) is 1.86. The van der Waals surface area contributed by atoms with E-state index in [1.807, 2.05) is 0 Å². The molecule has 0 saturated carbocycles. The van der Waals surface area contributed by atoms with Crippen LogP contribution in [0.3, 0.4) is 0 Å². The lowest BCUT2D eigenvalue weighted by atomic mass is 9.79. The smallest absolute Gasteiger partial charge is 0.316 e. The van der Waals surface area contributed by atoms with E-state index in [1.165, 1.54) is 6.07 Å². The van der Waals surface area contributed by atoms with Crippen LogP contribution < -0.4 is 5.73 Å². The molecule has 0 heterocycles. The second kappa shape index (κ2) is 5.91. The van der Waals surface area contributed by atoms with Crippen LogP contribution in [0.1, 0.15) is 25.8 Å². The Kier molecular flexibility index (Phi) is 4.78. The first-order valence-electron chi connectivity index (χ1n) is 5.78. The SMILES string of the molecule is CCOC(=O)C(C)(CCN)c1ccc(F)cc1F. The van der Waals surface area contributed by atoms with Gasteiger partial charge in [0.25, 0.3) is 0 Å². The Morgan fingerprint density at radius 3 is 2.61 bits per heavy atom. The third kappa shape index (κ3) is 2.85. The van der Waals surface area contributed by atoms with Gasteiger partial charge in [0.05, 0.1) is 12.0 Å². The summed E-state index contributed by atoms with van der Waals surface area (Å²) in [5.41, 5.74) is 4.37. The van der Waals surface area contributed by atoms with Gasteiger partial charge in [-0.3, -0.25) is 4.79 Å². The standard InChI is InChI=1S/C13H17F2NO2/c1-3-18-12(17)13(2,6-7-16)10-5-4-9(14)8-11(10)15/h4-5,8H,3,6-7,16H2,1-2H3. The molecule has 0 bridgehead atoms. The molecule has 2 N–H and O–H groups in total. The Labute approximate surface area is 105 Å². The molecule has 3 nitrogen and oxygen atoms in total. The number of halogens is 2. The van der Waals surface area contributed by atoms with Gasteiger partial charge in [-0.25, -0.2) is 8.78 Å². The Balaban J connectivity index is 3.21. The molecule has 0 aliphatic rings. The molecule has 0 saturated heterocycles. The highest BCUT2D eigenvalue weighted by molar-refractivity contribution is 5.82. The van der Waals surface area contributed by atoms with Crippen LogP contribution in [0.5, 0.6) is 0 Å². The predicted octanol–water partition coefficient (Wildman–Crippen LogP) is 2.13. The molecule has 1 aromatic carbocycles. The quantitative estimate of drug-likeness (QED) is 0.822. The third-order valence-corrected chi connectivity index (χ3v) is 2.90. The molecule has 18 heavy (non-hydrogen) atoms. The maximum atomic E-state index is 13.8. The summed E-state index contributed by atoms with van der Waals surface area (Å²) in [5.74, 6) is -2.00. The van der Waals surface area contributed by atoms with Crippen LogP contribution in [-0.4, -0.2) is 19.1 Å². The molecule has 0 spiro atoms. The van der Waals surface area contributed by atoms with Gasteiger partial charge in [0.15, 0.2) is 0 Å². The average Bonchev–Trinajstić information content (AvgIpc) is 2.29. The van der Waals surface area contributed by atoms with Crippen LogP contribution in [0.2, 0.25) is 0 Å². The van der Waals surface area contributed by atoms with Gasteiger partial charge < -0.3 is 10.5 Å². The van der Waals surface area contributed by atoms with Crippen LogP contribution in [0.25, 0.3) is 0 Å². The number of nitrogens with two attached hydrogens (primary N) is 1. The molecule has 100 valence electrons. The lowest BCUT2D eigenvalue weighted by Gasteiger charge is -2.27. The van der Waals surface area contributed by atoms with Crippen molar-refractivity contribution in [2.24, 2.45) is 5.73 Å². The largest absolute Gasteiger partial charge is 0.465 e. The predicted molar refractivity (Wildman–Crippen MR) is 64.0 cm³/mol. The second-order valence-corrected chi connectivity index (χ2v) is 4.22. The van der Waals surface area contributed by atoms with Crippen LogP contribution in [0.4, 0.5) is 8.78 Å². The van der Waals surface area contributed by atoms with E-state index in [4.69, 9.17) is 10.5 Å². The highest BCUT2D eigenvalue weighted by atomic mass is 19.1. The lowest BCUT2D eigenvalue weighted by Crippen LogP contribution is -2.37. The maximum Gasteiger partial charge on any atom is 0.316 e. The molecular formula is C13H17F2NO2. The van der Waals surface area contributed by atoms with Crippen LogP contribution in [0.15, 0.2) is 18.2 Å². The minimum Gasteiger partial charge on any atom is -0.465 e. The number of carbonyl (C=O) groups is 1. The van der Waals surface area contributed by atoms with E-state index in [1.54, 1.807) is 13.8 Å². The average molecular weight is 257 g/mol. The molecular weight excluding hydrogens is 240 g/mol. The van der Waals surface area contributed by atoms with Gasteiger partial charge in [0.2, 0.25) is 0 Å². The normalized spacial score (nSPS) is 14.1. The summed E-state index contributed by atoms with van der Waals surface area (Å²) in [7, 11) is 0. The number of hydrogen-bond donors (Lipinski definition) is 1. The molecule has 5 heteroatoms. The van der Waals surface area contributed by atoms with Crippen molar-refractivity contribution in [3.05, 3.63) is 35.4 Å². The van der Waals surface area contributed by atoms with Gasteiger partial charge in [-0.05, 0) is 32.9 Å². The minimum absolute atomic E-state index is 0.104. The van der Waals surface area contributed by atoms with E-state index < -0.39 is 23.0 Å². The monoisotopic (exact) mass is 257 g/mol. The van der Waals surface area contributed by atoms with E-state index in [-0.39, 0.29) is 25.1 Å². The molecule has 0 fully saturated rings. The number of carbonyl (C=O) groups excluding carboxylic acids is 1. The van der Waals surface area contributed by atoms with E-state index in [2.05, 4.69) is 0 Å². The Morgan fingerprint density at radius 1 is 1.44 bits per heavy atom. The molecule has 1 aromatic rings. The van der Waals surface area contributed by atoms with E-state index in [0.717, 1.165) is 12.1 Å². The van der Waals surface area contributed by atoms with Gasteiger partial charge in [0, 0.05) is 11.6 Å². The Morgan fingerprint density at radius 2 is 2.11 bits per heavy atom. The second-order valence-electron chi connectivity index (χ2n) is 4.22. The molecule has 1 unspecified atom stereocenters. The fourth-order valence-electron chi connectivity index (χ4n) is 1.86. The number of hydrogen-bond acceptors (Lipinski definition) is 3. The van der Waals surface area contributed by atoms with Gasteiger partial charge in [-0.2, -0.15) is 0 Å². The maximum absolute atomic E-state index is 13.8. The van der Waals surface area contributed by atoms with Crippen LogP contribution in [-0.2, 0) is 14.9 Å². The molecule has 0 aliphatic carbocycles. The molecule has 0 aliphatic heterocycles. The lowest BCUT2D eigenvalue weighted by molar-refractivity contribution is -0.149. The number of rotatable bonds is 5. The van der Waals surface area contributed by atoms with Crippen molar-refractivity contribution in [2.75, 3.05) is 13.2 Å². The van der Waals surface area contributed by atoms with E-state index in [0.29, 0.717) is 0 Å². The molecule has 0 radical (unpaired) electrons. The van der Waals surface area contributed by atoms with E-state index in [9.17, 15) is 13.6 Å². The summed E-state index contributed by atoms with van der Waals surface area (Å²) in [4.78, 5) is 12.0. The zero-order chi connectivity index (χ0) is 13.8. The summed E-state index contributed by atoms with van der Waals surface area (Å²) < 4.78 is 31.6. The van der Waals surface area contributed by atoms with Gasteiger partial charge in [-0.1, -0.05) is 6.07 Å². The molecule has 0 amide bonds. The third-order valence-electron chi connectivity index (χ3n) is 2.90. The van der Waals surface area contributed by atoms with Crippen molar-refractivity contribution < 1.29 is 18.3 Å². The first-order valence-corrected chi connectivity index (χ1v) is 5.78. The zero-order valence-electron chi connectivity index (χ0n) is 10.5. The highest BCUT2D eigenvalue weighted by Crippen LogP contribution is 2.31. The number of ether oxygens (including phenoxy) is 1. The summed E-state index contributed by atoms with van der Waals surface area (Å²) in [6.07, 6.45) is 0.231. The van der Waals surface area contributed by atoms with Crippen molar-refractivity contribution >= 4 is 5.97 Å². The zero-order valence-corrected chi connectivity index (χ0v) is 10.5. The number of esters is 1. The Hall–Kier alpha value is -1.49. The molecule has 1 atom stereocenters. The van der Waals surface area contributed by atoms with E-state index >= 15 is 0 Å². The first-order chi connectivity index (χ1) is 8.45. The molecule has 0 aromatic heterocycles. The van der Waals surface area contributed by atoms with Crippen molar-refractivity contribution in [3.8, 4) is 0 Å².